The zero-order chi connectivity index (χ0) is 50.7. The van der Waals surface area contributed by atoms with Crippen LogP contribution in [0.4, 0.5) is 0 Å². The number of aliphatic hydroxyl groups excluding tert-OH is 2. The van der Waals surface area contributed by atoms with Crippen LogP contribution in [0.1, 0.15) is 361 Å². The van der Waals surface area contributed by atoms with Gasteiger partial charge in [-0.1, -0.05) is 328 Å². The molecule has 1 amide bonds. The van der Waals surface area contributed by atoms with Gasteiger partial charge in [0.15, 0.2) is 0 Å². The van der Waals surface area contributed by atoms with Gasteiger partial charge in [-0.05, 0) is 32.1 Å². The van der Waals surface area contributed by atoms with Crippen molar-refractivity contribution in [2.24, 2.45) is 0 Å². The zero-order valence-electron chi connectivity index (χ0n) is 47.5. The number of aliphatic hydroxyl groups is 2. The van der Waals surface area contributed by atoms with Gasteiger partial charge in [0.1, 0.15) is 0 Å². The van der Waals surface area contributed by atoms with E-state index in [2.05, 4.69) is 19.2 Å². The maximum absolute atomic E-state index is 12.4. The minimum absolute atomic E-state index is 0.0210. The molecule has 0 radical (unpaired) electrons. The van der Waals surface area contributed by atoms with Crippen molar-refractivity contribution in [3.63, 3.8) is 0 Å². The maximum atomic E-state index is 12.4. The quantitative estimate of drug-likeness (QED) is 0.0321. The van der Waals surface area contributed by atoms with Crippen molar-refractivity contribution in [3.8, 4) is 0 Å². The van der Waals surface area contributed by atoms with Crippen molar-refractivity contribution in [3.05, 3.63) is 12.2 Å². The molecule has 2 unspecified atom stereocenters. The van der Waals surface area contributed by atoms with Crippen LogP contribution in [-0.4, -0.2) is 47.4 Å². The van der Waals surface area contributed by atoms with Gasteiger partial charge in [0.25, 0.3) is 0 Å². The number of unbranched alkanes of at least 4 members (excludes halogenated alkanes) is 49. The summed E-state index contributed by atoms with van der Waals surface area (Å²) in [7, 11) is 0. The minimum Gasteiger partial charge on any atom is -0.466 e. The smallest absolute Gasteiger partial charge is 0.305 e. The van der Waals surface area contributed by atoms with Crippen molar-refractivity contribution >= 4 is 11.9 Å². The topological polar surface area (TPSA) is 95.9 Å². The largest absolute Gasteiger partial charge is 0.466 e. The standard InChI is InChI=1S/C64H125NO5/c1-3-5-7-9-11-13-37-42-46-50-54-58-64(69)70-59-55-51-47-43-39-36-34-32-30-28-26-24-22-20-18-16-15-17-19-21-23-25-27-29-31-33-35-38-41-45-49-53-57-63(68)65-61(60-66)62(67)56-52-48-44-40-14-12-10-8-6-4-2/h52,56,61-62,66-67H,3-51,53-55,57-60H2,1-2H3,(H,65,68)/b56-52+. The first-order valence-corrected chi connectivity index (χ1v) is 32.0. The van der Waals surface area contributed by atoms with E-state index in [1.165, 1.54) is 295 Å². The van der Waals surface area contributed by atoms with Gasteiger partial charge in [-0.2, -0.15) is 0 Å². The molecule has 6 heteroatoms. The molecule has 2 atom stereocenters. The molecule has 0 saturated carbocycles. The van der Waals surface area contributed by atoms with E-state index in [4.69, 9.17) is 4.74 Å². The van der Waals surface area contributed by atoms with Gasteiger partial charge in [0, 0.05) is 12.8 Å². The van der Waals surface area contributed by atoms with E-state index >= 15 is 0 Å². The summed E-state index contributed by atoms with van der Waals surface area (Å²) in [5.74, 6) is -0.0428. The Morgan fingerprint density at radius 1 is 0.386 bits per heavy atom. The molecular weight excluding hydrogens is 863 g/mol. The third-order valence-corrected chi connectivity index (χ3v) is 15.1. The third-order valence-electron chi connectivity index (χ3n) is 15.1. The Bertz CT molecular complexity index is 1050. The molecule has 0 bridgehead atoms. The zero-order valence-corrected chi connectivity index (χ0v) is 47.5. The minimum atomic E-state index is -0.838. The number of hydrogen-bond acceptors (Lipinski definition) is 5. The molecule has 416 valence electrons. The van der Waals surface area contributed by atoms with Crippen LogP contribution in [-0.2, 0) is 14.3 Å². The molecule has 6 nitrogen and oxygen atoms in total. The van der Waals surface area contributed by atoms with Crippen LogP contribution in [0, 0.1) is 0 Å². The molecule has 0 aliphatic heterocycles. The fourth-order valence-electron chi connectivity index (χ4n) is 10.2. The number of allylic oxidation sites excluding steroid dienone is 1. The molecule has 0 fully saturated rings. The molecule has 70 heavy (non-hydrogen) atoms. The monoisotopic (exact) mass is 988 g/mol. The SMILES string of the molecule is CCCCCCCCCC/C=C/C(O)C(CO)NC(=O)CCCCCCCCCCCCCCCCCCCCCCCCCCCCCCCCCCOC(=O)CCCCCCCCCCCCC. The summed E-state index contributed by atoms with van der Waals surface area (Å²) in [6, 6.07) is -0.621. The Morgan fingerprint density at radius 2 is 0.657 bits per heavy atom. The number of rotatable bonds is 60. The Hall–Kier alpha value is -1.40. The second-order valence-electron chi connectivity index (χ2n) is 22.1. The fraction of sp³-hybridized carbons (Fsp3) is 0.938. The summed E-state index contributed by atoms with van der Waals surface area (Å²) in [6.45, 7) is 4.91. The highest BCUT2D eigenvalue weighted by molar-refractivity contribution is 5.76. The molecule has 3 N–H and O–H groups in total. The summed E-state index contributed by atoms with van der Waals surface area (Å²) in [5.41, 5.74) is 0. The van der Waals surface area contributed by atoms with E-state index < -0.39 is 12.1 Å². The molecule has 0 aliphatic rings. The maximum Gasteiger partial charge on any atom is 0.305 e. The predicted molar refractivity (Wildman–Crippen MR) is 306 cm³/mol. The normalized spacial score (nSPS) is 12.6. The molecule has 0 rings (SSSR count). The summed E-state index contributed by atoms with van der Waals surface area (Å²) in [5, 5.41) is 23.0. The number of ether oxygens (including phenoxy) is 1. The lowest BCUT2D eigenvalue weighted by molar-refractivity contribution is -0.143. The van der Waals surface area contributed by atoms with Crippen LogP contribution in [0.25, 0.3) is 0 Å². The third kappa shape index (κ3) is 55.9. The Labute approximate surface area is 438 Å². The number of nitrogens with one attached hydrogen (secondary N) is 1. The number of esters is 1. The lowest BCUT2D eigenvalue weighted by Gasteiger charge is -2.20. The Balaban J connectivity index is 3.30. The molecule has 0 aliphatic carbocycles. The fourth-order valence-corrected chi connectivity index (χ4v) is 10.2. The summed E-state index contributed by atoms with van der Waals surface area (Å²) in [6.07, 6.45) is 72.9. The Morgan fingerprint density at radius 3 is 0.971 bits per heavy atom. The highest BCUT2D eigenvalue weighted by atomic mass is 16.5. The van der Waals surface area contributed by atoms with Crippen molar-refractivity contribution in [1.82, 2.24) is 5.32 Å². The first kappa shape index (κ1) is 68.6. The van der Waals surface area contributed by atoms with Crippen molar-refractivity contribution in [1.29, 1.82) is 0 Å². The number of carbonyl (C=O) groups is 2. The summed E-state index contributed by atoms with van der Waals surface area (Å²) >= 11 is 0. The van der Waals surface area contributed by atoms with Gasteiger partial charge in [-0.3, -0.25) is 9.59 Å². The van der Waals surface area contributed by atoms with Crippen LogP contribution in [0.3, 0.4) is 0 Å². The van der Waals surface area contributed by atoms with Gasteiger partial charge >= 0.3 is 5.97 Å². The number of amides is 1. The molecular formula is C64H125NO5. The van der Waals surface area contributed by atoms with Crippen molar-refractivity contribution < 1.29 is 24.5 Å². The van der Waals surface area contributed by atoms with Gasteiger partial charge in [0.05, 0.1) is 25.4 Å². The highest BCUT2D eigenvalue weighted by Gasteiger charge is 2.18. The molecule has 0 aromatic heterocycles. The average Bonchev–Trinajstić information content (AvgIpc) is 3.36. The molecule has 0 spiro atoms. The first-order valence-electron chi connectivity index (χ1n) is 32.0. The van der Waals surface area contributed by atoms with Gasteiger partial charge < -0.3 is 20.3 Å². The molecule has 0 saturated heterocycles. The lowest BCUT2D eigenvalue weighted by atomic mass is 10.0. The number of carbonyl (C=O) groups excluding carboxylic acids is 2. The lowest BCUT2D eigenvalue weighted by Crippen LogP contribution is -2.45. The molecule has 0 aromatic carbocycles. The van der Waals surface area contributed by atoms with Crippen molar-refractivity contribution in [2.45, 2.75) is 373 Å². The number of hydrogen-bond donors (Lipinski definition) is 3. The predicted octanol–water partition coefficient (Wildman–Crippen LogP) is 20.0. The van der Waals surface area contributed by atoms with Crippen LogP contribution >= 0.6 is 0 Å². The molecule has 0 aromatic rings. The van der Waals surface area contributed by atoms with Gasteiger partial charge in [-0.15, -0.1) is 0 Å². The van der Waals surface area contributed by atoms with E-state index in [-0.39, 0.29) is 18.5 Å². The van der Waals surface area contributed by atoms with Crippen LogP contribution in [0.5, 0.6) is 0 Å². The van der Waals surface area contributed by atoms with Crippen LogP contribution < -0.4 is 5.32 Å². The second-order valence-corrected chi connectivity index (χ2v) is 22.1. The van der Waals surface area contributed by atoms with E-state index in [0.717, 1.165) is 38.5 Å². The van der Waals surface area contributed by atoms with E-state index in [1.54, 1.807) is 6.08 Å². The average molecular weight is 989 g/mol. The van der Waals surface area contributed by atoms with Gasteiger partial charge in [0.2, 0.25) is 5.91 Å². The van der Waals surface area contributed by atoms with Crippen LogP contribution in [0.2, 0.25) is 0 Å². The van der Waals surface area contributed by atoms with E-state index in [0.29, 0.717) is 19.4 Å². The summed E-state index contributed by atoms with van der Waals surface area (Å²) < 4.78 is 5.47. The summed E-state index contributed by atoms with van der Waals surface area (Å²) in [4.78, 5) is 24.4. The van der Waals surface area contributed by atoms with Gasteiger partial charge in [-0.25, -0.2) is 0 Å². The second kappa shape index (κ2) is 60.2. The first-order chi connectivity index (χ1) is 34.5. The highest BCUT2D eigenvalue weighted by Crippen LogP contribution is 2.18. The molecule has 0 heterocycles. The van der Waals surface area contributed by atoms with Crippen molar-refractivity contribution in [2.75, 3.05) is 13.2 Å². The van der Waals surface area contributed by atoms with E-state index in [1.807, 2.05) is 6.08 Å². The Kier molecular flexibility index (Phi) is 59.0. The van der Waals surface area contributed by atoms with E-state index in [9.17, 15) is 19.8 Å². The van der Waals surface area contributed by atoms with Crippen LogP contribution in [0.15, 0.2) is 12.2 Å².